The minimum atomic E-state index is -0.456. The summed E-state index contributed by atoms with van der Waals surface area (Å²) in [6.45, 7) is 0. The molecule has 3 heterocycles. The minimum absolute atomic E-state index is 0.243. The quantitative estimate of drug-likeness (QED) is 0.791. The Bertz CT molecular complexity index is 462. The lowest BCUT2D eigenvalue weighted by Gasteiger charge is -2.38. The lowest BCUT2D eigenvalue weighted by atomic mass is 9.98. The summed E-state index contributed by atoms with van der Waals surface area (Å²) in [6, 6.07) is 4.75. The summed E-state index contributed by atoms with van der Waals surface area (Å²) in [5, 5.41) is 8.11. The van der Waals surface area contributed by atoms with Crippen LogP contribution in [-0.2, 0) is 4.74 Å². The van der Waals surface area contributed by atoms with Crippen LogP contribution < -0.4 is 10.6 Å². The number of esters is 1. The molecule has 2 N–H and O–H groups in total. The molecular formula is C13H18N4O2. The van der Waals surface area contributed by atoms with Gasteiger partial charge in [-0.3, -0.25) is 0 Å². The average molecular weight is 262 g/mol. The molecule has 1 aromatic rings. The van der Waals surface area contributed by atoms with Crippen molar-refractivity contribution in [3.8, 4) is 0 Å². The number of piperidine rings is 1. The lowest BCUT2D eigenvalue weighted by Crippen LogP contribution is -2.48. The third kappa shape index (κ3) is 2.16. The van der Waals surface area contributed by atoms with Gasteiger partial charge in [0.05, 0.1) is 7.11 Å². The van der Waals surface area contributed by atoms with Crippen molar-refractivity contribution >= 4 is 11.8 Å². The Morgan fingerprint density at radius 2 is 2.00 bits per heavy atom. The van der Waals surface area contributed by atoms with E-state index in [4.69, 9.17) is 5.73 Å². The second-order valence-electron chi connectivity index (χ2n) is 5.29. The predicted molar refractivity (Wildman–Crippen MR) is 69.9 cm³/mol. The monoisotopic (exact) mass is 262 g/mol. The van der Waals surface area contributed by atoms with Crippen LogP contribution in [0.4, 0.5) is 5.82 Å². The van der Waals surface area contributed by atoms with Crippen molar-refractivity contribution in [2.24, 2.45) is 5.73 Å². The Morgan fingerprint density at radius 3 is 2.53 bits per heavy atom. The molecule has 2 saturated heterocycles. The smallest absolute Gasteiger partial charge is 0.358 e. The van der Waals surface area contributed by atoms with E-state index in [0.717, 1.165) is 18.7 Å². The Kier molecular flexibility index (Phi) is 3.10. The van der Waals surface area contributed by atoms with Crippen LogP contribution in [0, 0.1) is 0 Å². The molecule has 0 aliphatic carbocycles. The van der Waals surface area contributed by atoms with Crippen LogP contribution in [0.25, 0.3) is 0 Å². The van der Waals surface area contributed by atoms with Gasteiger partial charge in [-0.15, -0.1) is 10.2 Å². The second kappa shape index (κ2) is 4.77. The van der Waals surface area contributed by atoms with E-state index in [2.05, 4.69) is 19.8 Å². The number of methoxy groups -OCH3 is 1. The molecule has 2 atom stereocenters. The number of anilines is 1. The van der Waals surface area contributed by atoms with Crippen molar-refractivity contribution in [1.82, 2.24) is 10.2 Å². The van der Waals surface area contributed by atoms with Gasteiger partial charge in [0.15, 0.2) is 11.5 Å². The molecule has 6 nitrogen and oxygen atoms in total. The van der Waals surface area contributed by atoms with Gasteiger partial charge >= 0.3 is 5.97 Å². The predicted octanol–water partition coefficient (Wildman–Crippen LogP) is 0.722. The summed E-state index contributed by atoms with van der Waals surface area (Å²) >= 11 is 0. The minimum Gasteiger partial charge on any atom is -0.464 e. The first-order valence-electron chi connectivity index (χ1n) is 6.65. The Morgan fingerprint density at radius 1 is 1.32 bits per heavy atom. The summed E-state index contributed by atoms with van der Waals surface area (Å²) in [4.78, 5) is 13.6. The molecule has 2 fully saturated rings. The molecular weight excluding hydrogens is 244 g/mol. The number of nitrogens with zero attached hydrogens (tertiary/aromatic N) is 3. The van der Waals surface area contributed by atoms with Gasteiger partial charge in [0, 0.05) is 18.1 Å². The lowest BCUT2D eigenvalue weighted by molar-refractivity contribution is 0.0592. The molecule has 1 aromatic heterocycles. The van der Waals surface area contributed by atoms with E-state index >= 15 is 0 Å². The summed E-state index contributed by atoms with van der Waals surface area (Å²) in [5.74, 6) is 0.384. The molecule has 2 unspecified atom stereocenters. The van der Waals surface area contributed by atoms with Crippen molar-refractivity contribution < 1.29 is 9.53 Å². The molecule has 0 radical (unpaired) electrons. The van der Waals surface area contributed by atoms with E-state index in [1.54, 1.807) is 6.07 Å². The number of hydrogen-bond acceptors (Lipinski definition) is 6. The van der Waals surface area contributed by atoms with E-state index in [-0.39, 0.29) is 5.69 Å². The first-order valence-corrected chi connectivity index (χ1v) is 6.65. The molecule has 2 bridgehead atoms. The third-order valence-corrected chi connectivity index (χ3v) is 4.08. The molecule has 0 aromatic carbocycles. The van der Waals surface area contributed by atoms with Gasteiger partial charge in [0.25, 0.3) is 0 Å². The molecule has 0 spiro atoms. The zero-order valence-electron chi connectivity index (χ0n) is 11.0. The maximum Gasteiger partial charge on any atom is 0.358 e. The van der Waals surface area contributed by atoms with Crippen molar-refractivity contribution in [2.75, 3.05) is 12.0 Å². The molecule has 0 saturated carbocycles. The van der Waals surface area contributed by atoms with Crippen LogP contribution in [0.15, 0.2) is 12.1 Å². The Labute approximate surface area is 111 Å². The first kappa shape index (κ1) is 12.3. The maximum atomic E-state index is 11.3. The molecule has 3 rings (SSSR count). The van der Waals surface area contributed by atoms with Crippen LogP contribution >= 0.6 is 0 Å². The molecule has 102 valence electrons. The fraction of sp³-hybridized carbons (Fsp3) is 0.615. The SMILES string of the molecule is COC(=O)c1ccc(N2C3CCC2CC(N)C3)nn1. The number of carbonyl (C=O) groups is 1. The third-order valence-electron chi connectivity index (χ3n) is 4.08. The molecule has 0 amide bonds. The average Bonchev–Trinajstić information content (AvgIpc) is 2.70. The van der Waals surface area contributed by atoms with Gasteiger partial charge in [-0.05, 0) is 37.8 Å². The summed E-state index contributed by atoms with van der Waals surface area (Å²) in [6.07, 6.45) is 4.35. The van der Waals surface area contributed by atoms with Gasteiger partial charge in [-0.1, -0.05) is 0 Å². The van der Waals surface area contributed by atoms with Gasteiger partial charge in [0.1, 0.15) is 0 Å². The van der Waals surface area contributed by atoms with Crippen LogP contribution in [0.1, 0.15) is 36.2 Å². The topological polar surface area (TPSA) is 81.3 Å². The fourth-order valence-corrected chi connectivity index (χ4v) is 3.27. The standard InChI is InChI=1S/C13H18N4O2/c1-19-13(18)11-4-5-12(16-15-11)17-9-2-3-10(17)7-8(14)6-9/h4-5,8-10H,2-3,6-7,14H2,1H3. The van der Waals surface area contributed by atoms with Gasteiger partial charge in [-0.2, -0.15) is 0 Å². The highest BCUT2D eigenvalue weighted by Gasteiger charge is 2.40. The highest BCUT2D eigenvalue weighted by atomic mass is 16.5. The Hall–Kier alpha value is -1.69. The highest BCUT2D eigenvalue weighted by molar-refractivity contribution is 5.87. The summed E-state index contributed by atoms with van der Waals surface area (Å²) < 4.78 is 4.62. The number of aromatic nitrogens is 2. The molecule has 2 aliphatic heterocycles. The van der Waals surface area contributed by atoms with Gasteiger partial charge in [0.2, 0.25) is 0 Å². The fourth-order valence-electron chi connectivity index (χ4n) is 3.27. The number of nitrogens with two attached hydrogens (primary N) is 1. The normalized spacial score (nSPS) is 29.4. The molecule has 6 heteroatoms. The van der Waals surface area contributed by atoms with Crippen LogP contribution in [0.2, 0.25) is 0 Å². The van der Waals surface area contributed by atoms with E-state index in [1.165, 1.54) is 20.0 Å². The Balaban J connectivity index is 1.81. The van der Waals surface area contributed by atoms with Crippen LogP contribution in [-0.4, -0.2) is 41.4 Å². The number of ether oxygens (including phenoxy) is 1. The van der Waals surface area contributed by atoms with Crippen LogP contribution in [0.3, 0.4) is 0 Å². The first-order chi connectivity index (χ1) is 9.19. The number of hydrogen-bond donors (Lipinski definition) is 1. The van der Waals surface area contributed by atoms with Crippen LogP contribution in [0.5, 0.6) is 0 Å². The largest absolute Gasteiger partial charge is 0.464 e. The molecule has 19 heavy (non-hydrogen) atoms. The van der Waals surface area contributed by atoms with E-state index in [9.17, 15) is 4.79 Å². The van der Waals surface area contributed by atoms with E-state index < -0.39 is 5.97 Å². The molecule has 2 aliphatic rings. The van der Waals surface area contributed by atoms with Crippen molar-refractivity contribution in [1.29, 1.82) is 0 Å². The summed E-state index contributed by atoms with van der Waals surface area (Å²) in [5.41, 5.74) is 6.30. The van der Waals surface area contributed by atoms with E-state index in [1.807, 2.05) is 6.07 Å². The summed E-state index contributed by atoms with van der Waals surface area (Å²) in [7, 11) is 1.34. The van der Waals surface area contributed by atoms with Gasteiger partial charge in [-0.25, -0.2) is 4.79 Å². The maximum absolute atomic E-state index is 11.3. The van der Waals surface area contributed by atoms with Crippen molar-refractivity contribution in [3.63, 3.8) is 0 Å². The number of carbonyl (C=O) groups excluding carboxylic acids is 1. The highest BCUT2D eigenvalue weighted by Crippen LogP contribution is 2.37. The van der Waals surface area contributed by atoms with Gasteiger partial charge < -0.3 is 15.4 Å². The van der Waals surface area contributed by atoms with Crippen molar-refractivity contribution in [2.45, 2.75) is 43.8 Å². The number of fused-ring (bicyclic) bond motifs is 2. The van der Waals surface area contributed by atoms with E-state index in [0.29, 0.717) is 18.1 Å². The number of rotatable bonds is 2. The van der Waals surface area contributed by atoms with Crippen molar-refractivity contribution in [3.05, 3.63) is 17.8 Å². The second-order valence-corrected chi connectivity index (χ2v) is 5.29. The zero-order valence-corrected chi connectivity index (χ0v) is 11.0. The zero-order chi connectivity index (χ0) is 13.4.